The van der Waals surface area contributed by atoms with Crippen molar-refractivity contribution in [3.8, 4) is 11.3 Å². The molecule has 0 spiro atoms. The van der Waals surface area contributed by atoms with Gasteiger partial charge in [0.25, 0.3) is 0 Å². The monoisotopic (exact) mass is 351 g/mol. The Hall–Kier alpha value is -1.76. The zero-order valence-corrected chi connectivity index (χ0v) is 13.9. The molecule has 2 heterocycles. The second-order valence-corrected chi connectivity index (χ2v) is 6.95. The number of pyridine rings is 1. The molecule has 2 aromatic heterocycles. The molecule has 7 heteroatoms. The molecular formula is C14H18BrN5O. The van der Waals surface area contributed by atoms with Crippen LogP contribution in [0.1, 0.15) is 20.8 Å². The van der Waals surface area contributed by atoms with Gasteiger partial charge < -0.3 is 5.32 Å². The number of nitrogens with zero attached hydrogens (tertiary/aromatic N) is 4. The average Bonchev–Trinajstić information content (AvgIpc) is 2.84. The normalized spacial score (nSPS) is 11.4. The van der Waals surface area contributed by atoms with Crippen molar-refractivity contribution in [3.63, 3.8) is 0 Å². The highest BCUT2D eigenvalue weighted by Gasteiger charge is 2.13. The van der Waals surface area contributed by atoms with E-state index in [1.807, 2.05) is 6.07 Å². The van der Waals surface area contributed by atoms with Gasteiger partial charge in [0.2, 0.25) is 5.91 Å². The fraction of sp³-hybridized carbons (Fsp3) is 0.429. The topological polar surface area (TPSA) is 72.7 Å². The van der Waals surface area contributed by atoms with E-state index in [2.05, 4.69) is 57.3 Å². The van der Waals surface area contributed by atoms with Gasteiger partial charge in [-0.15, -0.1) is 5.10 Å². The molecule has 0 saturated heterocycles. The minimum absolute atomic E-state index is 0.0607. The van der Waals surface area contributed by atoms with Crippen LogP contribution >= 0.6 is 15.9 Å². The minimum Gasteiger partial charge on any atom is -0.354 e. The molecule has 0 saturated carbocycles. The molecule has 0 bridgehead atoms. The largest absolute Gasteiger partial charge is 0.354 e. The van der Waals surface area contributed by atoms with Crippen molar-refractivity contribution in [1.29, 1.82) is 0 Å². The first-order valence-electron chi connectivity index (χ1n) is 6.61. The van der Waals surface area contributed by atoms with Crippen LogP contribution in [0, 0.1) is 5.41 Å². The first-order chi connectivity index (χ1) is 9.83. The van der Waals surface area contributed by atoms with Gasteiger partial charge in [0.15, 0.2) is 0 Å². The number of hydrogen-bond donors (Lipinski definition) is 1. The highest BCUT2D eigenvalue weighted by atomic mass is 79.9. The summed E-state index contributed by atoms with van der Waals surface area (Å²) in [5.74, 6) is -0.0752. The first-order valence-corrected chi connectivity index (χ1v) is 7.40. The third-order valence-corrected chi connectivity index (χ3v) is 3.09. The summed E-state index contributed by atoms with van der Waals surface area (Å²) in [5.41, 5.74) is 1.60. The number of halogens is 1. The Kier molecular flexibility index (Phi) is 4.72. The van der Waals surface area contributed by atoms with E-state index < -0.39 is 0 Å². The molecular weight excluding hydrogens is 334 g/mol. The number of aromatic nitrogens is 4. The van der Waals surface area contributed by atoms with Gasteiger partial charge in [0.05, 0.1) is 6.20 Å². The molecule has 0 aliphatic heterocycles. The average molecular weight is 352 g/mol. The van der Waals surface area contributed by atoms with Crippen molar-refractivity contribution in [2.75, 3.05) is 6.54 Å². The Morgan fingerprint density at radius 1 is 1.38 bits per heavy atom. The number of hydrogen-bond acceptors (Lipinski definition) is 4. The summed E-state index contributed by atoms with van der Waals surface area (Å²) in [6.07, 6.45) is 5.15. The fourth-order valence-electron chi connectivity index (χ4n) is 1.63. The minimum atomic E-state index is -0.0752. The molecule has 21 heavy (non-hydrogen) atoms. The van der Waals surface area contributed by atoms with Crippen molar-refractivity contribution < 1.29 is 4.79 Å². The predicted molar refractivity (Wildman–Crippen MR) is 83.4 cm³/mol. The van der Waals surface area contributed by atoms with E-state index >= 15 is 0 Å². The Morgan fingerprint density at radius 3 is 2.81 bits per heavy atom. The summed E-state index contributed by atoms with van der Waals surface area (Å²) < 4.78 is 2.39. The molecule has 1 amide bonds. The molecule has 6 nitrogen and oxygen atoms in total. The van der Waals surface area contributed by atoms with Gasteiger partial charge in [0.1, 0.15) is 12.2 Å². The lowest BCUT2D eigenvalue weighted by molar-refractivity contribution is -0.122. The molecule has 0 aromatic carbocycles. The van der Waals surface area contributed by atoms with Crippen LogP contribution in [-0.2, 0) is 11.3 Å². The Labute approximate surface area is 132 Å². The zero-order chi connectivity index (χ0) is 15.5. The summed E-state index contributed by atoms with van der Waals surface area (Å²) >= 11 is 3.36. The van der Waals surface area contributed by atoms with Gasteiger partial charge >= 0.3 is 0 Å². The van der Waals surface area contributed by atoms with Crippen LogP contribution < -0.4 is 5.32 Å². The molecule has 0 atom stereocenters. The van der Waals surface area contributed by atoms with E-state index in [1.54, 1.807) is 18.6 Å². The van der Waals surface area contributed by atoms with Crippen LogP contribution in [0.3, 0.4) is 0 Å². The molecule has 0 aliphatic carbocycles. The van der Waals surface area contributed by atoms with E-state index in [0.717, 1.165) is 10.0 Å². The molecule has 1 N–H and O–H groups in total. The third-order valence-electron chi connectivity index (χ3n) is 2.66. The van der Waals surface area contributed by atoms with Crippen molar-refractivity contribution in [1.82, 2.24) is 25.3 Å². The maximum Gasteiger partial charge on any atom is 0.241 e. The maximum atomic E-state index is 11.8. The summed E-state index contributed by atoms with van der Waals surface area (Å²) in [4.78, 5) is 15.9. The van der Waals surface area contributed by atoms with E-state index in [9.17, 15) is 4.79 Å². The first kappa shape index (κ1) is 15.6. The maximum absolute atomic E-state index is 11.8. The smallest absolute Gasteiger partial charge is 0.241 e. The number of amides is 1. The molecule has 112 valence electrons. The van der Waals surface area contributed by atoms with Gasteiger partial charge in [-0.25, -0.2) is 4.68 Å². The lowest BCUT2D eigenvalue weighted by atomic mass is 9.97. The van der Waals surface area contributed by atoms with Crippen molar-refractivity contribution >= 4 is 21.8 Å². The van der Waals surface area contributed by atoms with Crippen molar-refractivity contribution in [2.24, 2.45) is 5.41 Å². The van der Waals surface area contributed by atoms with Gasteiger partial charge in [-0.05, 0) is 27.4 Å². The van der Waals surface area contributed by atoms with E-state index in [4.69, 9.17) is 0 Å². The number of nitrogens with one attached hydrogen (secondary N) is 1. The van der Waals surface area contributed by atoms with Crippen LogP contribution in [0.15, 0.2) is 29.1 Å². The highest BCUT2D eigenvalue weighted by molar-refractivity contribution is 9.10. The van der Waals surface area contributed by atoms with Crippen LogP contribution in [-0.4, -0.2) is 32.4 Å². The van der Waals surface area contributed by atoms with Gasteiger partial charge in [0, 0.05) is 29.0 Å². The number of carbonyl (C=O) groups excluding carboxylic acids is 1. The summed E-state index contributed by atoms with van der Waals surface area (Å²) in [5, 5.41) is 10.9. The quantitative estimate of drug-likeness (QED) is 0.916. The zero-order valence-electron chi connectivity index (χ0n) is 12.3. The molecule has 0 unspecified atom stereocenters. The second-order valence-electron chi connectivity index (χ2n) is 6.03. The van der Waals surface area contributed by atoms with Crippen LogP contribution in [0.25, 0.3) is 11.3 Å². The summed E-state index contributed by atoms with van der Waals surface area (Å²) in [6.45, 7) is 7.00. The standard InChI is InChI=1S/C14H18BrN5O/c1-14(2,3)9-17-13(21)8-20-7-12(18-19-20)10-4-11(15)6-16-5-10/h4-7H,8-9H2,1-3H3,(H,17,21). The van der Waals surface area contributed by atoms with Crippen LogP contribution in [0.2, 0.25) is 0 Å². The van der Waals surface area contributed by atoms with Crippen molar-refractivity contribution in [3.05, 3.63) is 29.1 Å². The summed E-state index contributed by atoms with van der Waals surface area (Å²) in [6, 6.07) is 1.90. The van der Waals surface area contributed by atoms with Crippen LogP contribution in [0.4, 0.5) is 0 Å². The second kappa shape index (κ2) is 6.34. The number of rotatable bonds is 4. The SMILES string of the molecule is CC(C)(C)CNC(=O)Cn1cc(-c2cncc(Br)c2)nn1. The predicted octanol–water partition coefficient (Wildman–Crippen LogP) is 2.26. The van der Waals surface area contributed by atoms with Gasteiger partial charge in [-0.3, -0.25) is 9.78 Å². The van der Waals surface area contributed by atoms with Gasteiger partial charge in [-0.2, -0.15) is 0 Å². The Bertz CT molecular complexity index is 632. The van der Waals surface area contributed by atoms with Gasteiger partial charge in [-0.1, -0.05) is 26.0 Å². The number of carbonyl (C=O) groups is 1. The lowest BCUT2D eigenvalue weighted by Gasteiger charge is -2.18. The molecule has 2 aromatic rings. The Morgan fingerprint density at radius 2 is 2.14 bits per heavy atom. The summed E-state index contributed by atoms with van der Waals surface area (Å²) in [7, 11) is 0. The highest BCUT2D eigenvalue weighted by Crippen LogP contribution is 2.19. The molecule has 0 radical (unpaired) electrons. The third kappa shape index (κ3) is 4.93. The molecule has 0 fully saturated rings. The molecule has 0 aliphatic rings. The van der Waals surface area contributed by atoms with E-state index in [1.165, 1.54) is 4.68 Å². The van der Waals surface area contributed by atoms with E-state index in [-0.39, 0.29) is 17.9 Å². The fourth-order valence-corrected chi connectivity index (χ4v) is 1.99. The van der Waals surface area contributed by atoms with E-state index in [0.29, 0.717) is 12.2 Å². The van der Waals surface area contributed by atoms with Crippen LogP contribution in [0.5, 0.6) is 0 Å². The lowest BCUT2D eigenvalue weighted by Crippen LogP contribution is -2.34. The molecule has 2 rings (SSSR count). The van der Waals surface area contributed by atoms with Crippen molar-refractivity contribution in [2.45, 2.75) is 27.3 Å². The Balaban J connectivity index is 1.99.